The predicted molar refractivity (Wildman–Crippen MR) is 93.6 cm³/mol. The van der Waals surface area contributed by atoms with Crippen LogP contribution >= 0.6 is 0 Å². The zero-order valence-corrected chi connectivity index (χ0v) is 14.4. The maximum Gasteiger partial charge on any atom is 0.321 e. The Bertz CT molecular complexity index is 712. The molecule has 0 saturated carbocycles. The van der Waals surface area contributed by atoms with Gasteiger partial charge in [0, 0.05) is 42.1 Å². The summed E-state index contributed by atoms with van der Waals surface area (Å²) in [5, 5.41) is 10.1. The third-order valence-electron chi connectivity index (χ3n) is 4.64. The Morgan fingerprint density at radius 1 is 1.42 bits per heavy atom. The van der Waals surface area contributed by atoms with Gasteiger partial charge in [0.15, 0.2) is 0 Å². The largest absolute Gasteiger partial charge is 0.496 e. The molecule has 128 valence electrons. The number of nitrogens with zero attached hydrogens (tertiary/aromatic N) is 2. The maximum absolute atomic E-state index is 12.7. The normalized spacial score (nSPS) is 17.6. The molecule has 1 atom stereocenters. The highest BCUT2D eigenvalue weighted by Crippen LogP contribution is 2.29. The summed E-state index contributed by atoms with van der Waals surface area (Å²) in [4.78, 5) is 14.6. The minimum atomic E-state index is -0.0602. The van der Waals surface area contributed by atoms with Crippen molar-refractivity contribution in [2.45, 2.75) is 32.6 Å². The fourth-order valence-corrected chi connectivity index (χ4v) is 3.27. The Kier molecular flexibility index (Phi) is 4.74. The molecule has 1 saturated heterocycles. The van der Waals surface area contributed by atoms with E-state index in [2.05, 4.69) is 15.5 Å². The second kappa shape index (κ2) is 6.95. The lowest BCUT2D eigenvalue weighted by Gasteiger charge is -2.32. The first-order valence-corrected chi connectivity index (χ1v) is 8.29. The number of aromatic nitrogens is 2. The quantitative estimate of drug-likeness (QED) is 0.906. The molecule has 1 aromatic carbocycles. The fraction of sp³-hybridized carbons (Fsp3) is 0.444. The van der Waals surface area contributed by atoms with E-state index < -0.39 is 0 Å². The number of carbonyl (C=O) groups is 1. The molecular formula is C18H24N4O2. The van der Waals surface area contributed by atoms with Crippen LogP contribution in [0.2, 0.25) is 0 Å². The van der Waals surface area contributed by atoms with Gasteiger partial charge in [-0.3, -0.25) is 5.10 Å². The van der Waals surface area contributed by atoms with Gasteiger partial charge in [0.2, 0.25) is 0 Å². The van der Waals surface area contributed by atoms with Crippen LogP contribution in [0.1, 0.15) is 35.6 Å². The van der Waals surface area contributed by atoms with E-state index in [1.165, 1.54) is 0 Å². The van der Waals surface area contributed by atoms with Crippen molar-refractivity contribution in [1.29, 1.82) is 0 Å². The van der Waals surface area contributed by atoms with Crippen LogP contribution in [0.25, 0.3) is 0 Å². The third kappa shape index (κ3) is 3.37. The lowest BCUT2D eigenvalue weighted by Crippen LogP contribution is -2.41. The van der Waals surface area contributed by atoms with Gasteiger partial charge in [-0.1, -0.05) is 0 Å². The number of carbonyl (C=O) groups excluding carboxylic acids is 1. The van der Waals surface area contributed by atoms with E-state index in [1.807, 2.05) is 36.9 Å². The van der Waals surface area contributed by atoms with Gasteiger partial charge in [-0.15, -0.1) is 0 Å². The van der Waals surface area contributed by atoms with Crippen molar-refractivity contribution < 1.29 is 9.53 Å². The molecule has 0 bridgehead atoms. The van der Waals surface area contributed by atoms with Crippen LogP contribution in [0.3, 0.4) is 0 Å². The van der Waals surface area contributed by atoms with E-state index in [1.54, 1.807) is 13.3 Å². The lowest BCUT2D eigenvalue weighted by atomic mass is 9.95. The van der Waals surface area contributed by atoms with Crippen LogP contribution in [-0.2, 0) is 0 Å². The topological polar surface area (TPSA) is 70.2 Å². The van der Waals surface area contributed by atoms with Gasteiger partial charge < -0.3 is 15.0 Å². The molecule has 1 aliphatic rings. The number of urea groups is 1. The minimum Gasteiger partial charge on any atom is -0.496 e. The Morgan fingerprint density at radius 2 is 2.25 bits per heavy atom. The van der Waals surface area contributed by atoms with Gasteiger partial charge in [-0.05, 0) is 50.5 Å². The first-order valence-electron chi connectivity index (χ1n) is 8.29. The van der Waals surface area contributed by atoms with Crippen LogP contribution in [0.5, 0.6) is 5.75 Å². The van der Waals surface area contributed by atoms with Crippen molar-refractivity contribution in [3.05, 3.63) is 41.2 Å². The van der Waals surface area contributed by atoms with Crippen molar-refractivity contribution >= 4 is 11.7 Å². The van der Waals surface area contributed by atoms with E-state index in [-0.39, 0.29) is 6.03 Å². The molecule has 1 fully saturated rings. The Hall–Kier alpha value is -2.50. The third-order valence-corrected chi connectivity index (χ3v) is 4.64. The molecule has 24 heavy (non-hydrogen) atoms. The van der Waals surface area contributed by atoms with E-state index in [0.29, 0.717) is 12.5 Å². The number of methoxy groups -OCH3 is 1. The number of rotatable bonds is 3. The lowest BCUT2D eigenvalue weighted by molar-refractivity contribution is 0.192. The van der Waals surface area contributed by atoms with E-state index >= 15 is 0 Å². The molecule has 6 heteroatoms. The van der Waals surface area contributed by atoms with Crippen molar-refractivity contribution in [1.82, 2.24) is 15.1 Å². The zero-order valence-electron chi connectivity index (χ0n) is 14.4. The zero-order chi connectivity index (χ0) is 17.1. The van der Waals surface area contributed by atoms with Crippen molar-refractivity contribution in [3.8, 4) is 5.75 Å². The molecular weight excluding hydrogens is 304 g/mol. The van der Waals surface area contributed by atoms with Crippen LogP contribution in [0, 0.1) is 13.8 Å². The number of nitrogens with one attached hydrogen (secondary N) is 2. The number of aromatic amines is 1. The molecule has 1 aromatic heterocycles. The van der Waals surface area contributed by atoms with E-state index in [9.17, 15) is 4.79 Å². The summed E-state index contributed by atoms with van der Waals surface area (Å²) < 4.78 is 5.38. The Labute approximate surface area is 142 Å². The number of likely N-dealkylation sites (tertiary alicyclic amines) is 1. The Morgan fingerprint density at radius 3 is 2.96 bits per heavy atom. The highest BCUT2D eigenvalue weighted by molar-refractivity contribution is 5.90. The van der Waals surface area contributed by atoms with Gasteiger partial charge in [0.25, 0.3) is 0 Å². The summed E-state index contributed by atoms with van der Waals surface area (Å²) in [6, 6.07) is 5.88. The average molecular weight is 328 g/mol. The predicted octanol–water partition coefficient (Wildman–Crippen LogP) is 3.45. The number of hydrogen-bond acceptors (Lipinski definition) is 3. The van der Waals surface area contributed by atoms with Crippen molar-refractivity contribution in [2.24, 2.45) is 0 Å². The minimum absolute atomic E-state index is 0.0602. The second-order valence-corrected chi connectivity index (χ2v) is 6.37. The first-order chi connectivity index (χ1) is 11.6. The van der Waals surface area contributed by atoms with Gasteiger partial charge in [0.05, 0.1) is 7.11 Å². The highest BCUT2D eigenvalue weighted by Gasteiger charge is 2.26. The SMILES string of the molecule is COc1cc(C)cc(NC(=O)N2CCCC(c3ccn[nH]3)C2)c1C. The smallest absolute Gasteiger partial charge is 0.321 e. The van der Waals surface area contributed by atoms with Crippen LogP contribution in [0.4, 0.5) is 10.5 Å². The summed E-state index contributed by atoms with van der Waals surface area (Å²) in [5.41, 5.74) is 3.90. The summed E-state index contributed by atoms with van der Waals surface area (Å²) in [7, 11) is 1.65. The summed E-state index contributed by atoms with van der Waals surface area (Å²) >= 11 is 0. The number of amides is 2. The van der Waals surface area contributed by atoms with Crippen LogP contribution < -0.4 is 10.1 Å². The molecule has 6 nitrogen and oxygen atoms in total. The molecule has 0 aliphatic carbocycles. The fourth-order valence-electron chi connectivity index (χ4n) is 3.27. The standard InChI is InChI=1S/C18H24N4O2/c1-12-9-16(13(2)17(10-12)24-3)20-18(23)22-8-4-5-14(11-22)15-6-7-19-21-15/h6-7,9-10,14H,4-5,8,11H2,1-3H3,(H,19,21)(H,20,23). The number of piperidine rings is 1. The number of anilines is 1. The van der Waals surface area contributed by atoms with Gasteiger partial charge >= 0.3 is 6.03 Å². The molecule has 2 amide bonds. The summed E-state index contributed by atoms with van der Waals surface area (Å²) in [6.07, 6.45) is 3.83. The van der Waals surface area contributed by atoms with Crippen LogP contribution in [0.15, 0.2) is 24.4 Å². The molecule has 3 rings (SSSR count). The molecule has 1 unspecified atom stereocenters. The summed E-state index contributed by atoms with van der Waals surface area (Å²) in [5.74, 6) is 1.11. The van der Waals surface area contributed by atoms with Crippen molar-refractivity contribution in [2.75, 3.05) is 25.5 Å². The molecule has 0 radical (unpaired) electrons. The number of hydrogen-bond donors (Lipinski definition) is 2. The second-order valence-electron chi connectivity index (χ2n) is 6.37. The molecule has 1 aliphatic heterocycles. The number of aryl methyl sites for hydroxylation is 1. The van der Waals surface area contributed by atoms with Gasteiger partial charge in [-0.25, -0.2) is 4.79 Å². The Balaban J connectivity index is 1.72. The summed E-state index contributed by atoms with van der Waals surface area (Å²) in [6.45, 7) is 5.43. The van der Waals surface area contributed by atoms with Crippen molar-refractivity contribution in [3.63, 3.8) is 0 Å². The monoisotopic (exact) mass is 328 g/mol. The maximum atomic E-state index is 12.7. The van der Waals surface area contributed by atoms with Gasteiger partial charge in [0.1, 0.15) is 5.75 Å². The van der Waals surface area contributed by atoms with E-state index in [4.69, 9.17) is 4.74 Å². The van der Waals surface area contributed by atoms with E-state index in [0.717, 1.165) is 47.6 Å². The molecule has 2 heterocycles. The first kappa shape index (κ1) is 16.4. The molecule has 2 N–H and O–H groups in total. The molecule has 2 aromatic rings. The number of H-pyrrole nitrogens is 1. The van der Waals surface area contributed by atoms with Crippen LogP contribution in [-0.4, -0.2) is 41.3 Å². The number of ether oxygens (including phenoxy) is 1. The highest BCUT2D eigenvalue weighted by atomic mass is 16.5. The molecule has 0 spiro atoms. The average Bonchev–Trinajstić information content (AvgIpc) is 3.12. The van der Waals surface area contributed by atoms with Gasteiger partial charge in [-0.2, -0.15) is 5.10 Å². The number of benzene rings is 1.